The Hall–Kier alpha value is -3.95. The first kappa shape index (κ1) is 19.4. The summed E-state index contributed by atoms with van der Waals surface area (Å²) in [6.07, 6.45) is 0.0537. The van der Waals surface area contributed by atoms with E-state index in [1.54, 1.807) is 42.5 Å². The molecule has 1 amide bonds. The molecule has 2 N–H and O–H groups in total. The Kier molecular flexibility index (Phi) is 5.05. The molecule has 0 aliphatic carbocycles. The summed E-state index contributed by atoms with van der Waals surface area (Å²) in [7, 11) is 0. The Bertz CT molecular complexity index is 1150. The molecule has 1 heterocycles. The summed E-state index contributed by atoms with van der Waals surface area (Å²) in [6.45, 7) is 0.155. The van der Waals surface area contributed by atoms with Gasteiger partial charge >= 0.3 is 5.97 Å². The monoisotopic (exact) mass is 398 g/mol. The number of nitrogens with one attached hydrogen (secondary N) is 1. The number of anilines is 1. The topological polar surface area (TPSA) is 99.4 Å². The minimum absolute atomic E-state index is 0.0537. The molecule has 1 atom stereocenters. The van der Waals surface area contributed by atoms with Gasteiger partial charge in [0, 0.05) is 17.7 Å². The van der Waals surface area contributed by atoms with Crippen molar-refractivity contribution in [2.75, 3.05) is 5.32 Å². The van der Waals surface area contributed by atoms with Gasteiger partial charge in [0.1, 0.15) is 6.61 Å². The summed E-state index contributed by atoms with van der Waals surface area (Å²) in [4.78, 5) is 24.9. The molecule has 6 heteroatoms. The van der Waals surface area contributed by atoms with E-state index in [0.717, 1.165) is 5.56 Å². The van der Waals surface area contributed by atoms with Gasteiger partial charge in [-0.25, -0.2) is 4.79 Å². The number of nitriles is 1. The van der Waals surface area contributed by atoms with Crippen molar-refractivity contribution in [2.24, 2.45) is 0 Å². The van der Waals surface area contributed by atoms with Crippen molar-refractivity contribution >= 4 is 17.6 Å². The van der Waals surface area contributed by atoms with Crippen LogP contribution in [-0.2, 0) is 28.2 Å². The molecule has 0 aromatic heterocycles. The third-order valence-electron chi connectivity index (χ3n) is 5.11. The van der Waals surface area contributed by atoms with Crippen LogP contribution in [-0.4, -0.2) is 17.0 Å². The van der Waals surface area contributed by atoms with Crippen LogP contribution in [0.3, 0.4) is 0 Å². The summed E-state index contributed by atoms with van der Waals surface area (Å²) >= 11 is 0. The minimum Gasteiger partial charge on any atom is -0.457 e. The first-order valence-electron chi connectivity index (χ1n) is 9.38. The van der Waals surface area contributed by atoms with Crippen molar-refractivity contribution in [3.05, 3.63) is 101 Å². The number of ether oxygens (including phenoxy) is 1. The lowest BCUT2D eigenvalue weighted by Crippen LogP contribution is -2.42. The number of aliphatic hydroxyl groups is 1. The van der Waals surface area contributed by atoms with E-state index in [-0.39, 0.29) is 19.0 Å². The highest BCUT2D eigenvalue weighted by molar-refractivity contribution is 5.99. The summed E-state index contributed by atoms with van der Waals surface area (Å²) in [5.74, 6) is -0.998. The van der Waals surface area contributed by atoms with E-state index >= 15 is 0 Å². The first-order chi connectivity index (χ1) is 14.5. The van der Waals surface area contributed by atoms with E-state index in [1.165, 1.54) is 0 Å². The van der Waals surface area contributed by atoms with E-state index in [0.29, 0.717) is 27.9 Å². The lowest BCUT2D eigenvalue weighted by Gasteiger charge is -2.28. The molecule has 148 valence electrons. The van der Waals surface area contributed by atoms with Gasteiger partial charge in [-0.15, -0.1) is 0 Å². The molecule has 0 spiro atoms. The van der Waals surface area contributed by atoms with Crippen LogP contribution >= 0.6 is 0 Å². The highest BCUT2D eigenvalue weighted by atomic mass is 16.5. The Morgan fingerprint density at radius 2 is 1.83 bits per heavy atom. The van der Waals surface area contributed by atoms with Gasteiger partial charge in [-0.1, -0.05) is 42.5 Å². The van der Waals surface area contributed by atoms with Gasteiger partial charge < -0.3 is 15.2 Å². The number of hydrogen-bond acceptors (Lipinski definition) is 5. The third kappa shape index (κ3) is 3.66. The maximum absolute atomic E-state index is 13.2. The zero-order valence-electron chi connectivity index (χ0n) is 16.0. The van der Waals surface area contributed by atoms with Gasteiger partial charge in [-0.3, -0.25) is 4.79 Å². The van der Waals surface area contributed by atoms with Gasteiger partial charge in [0.25, 0.3) is 5.91 Å². The van der Waals surface area contributed by atoms with Gasteiger partial charge in [-0.2, -0.15) is 5.26 Å². The molecule has 30 heavy (non-hydrogen) atoms. The molecule has 1 unspecified atom stereocenters. The van der Waals surface area contributed by atoms with Crippen LogP contribution in [0.1, 0.15) is 32.6 Å². The molecule has 1 aliphatic rings. The molecule has 3 aromatic carbocycles. The minimum atomic E-state index is -1.86. The molecule has 0 saturated heterocycles. The number of benzene rings is 3. The third-order valence-corrected chi connectivity index (χ3v) is 5.11. The lowest BCUT2D eigenvalue weighted by molar-refractivity contribution is -0.135. The van der Waals surface area contributed by atoms with Crippen LogP contribution in [0.25, 0.3) is 0 Å². The SMILES string of the molecule is N#Cc1ccc(C(O)(Cc2ccccc2)C(=O)Nc2ccc3c(c2)COC3=O)cc1. The van der Waals surface area contributed by atoms with E-state index in [1.807, 2.05) is 36.4 Å². The average molecular weight is 398 g/mol. The summed E-state index contributed by atoms with van der Waals surface area (Å²) in [5, 5.41) is 23.3. The molecule has 4 rings (SSSR count). The number of cyclic esters (lactones) is 1. The molecule has 3 aromatic rings. The molecule has 0 radical (unpaired) electrons. The van der Waals surface area contributed by atoms with Gasteiger partial charge in [-0.05, 0) is 41.5 Å². The highest BCUT2D eigenvalue weighted by Gasteiger charge is 2.38. The summed E-state index contributed by atoms with van der Waals surface area (Å²) in [5.41, 5.74) is 1.35. The van der Waals surface area contributed by atoms with Crippen molar-refractivity contribution in [2.45, 2.75) is 18.6 Å². The van der Waals surface area contributed by atoms with Crippen LogP contribution in [0.4, 0.5) is 5.69 Å². The van der Waals surface area contributed by atoms with E-state index in [9.17, 15) is 14.7 Å². The number of rotatable bonds is 5. The van der Waals surface area contributed by atoms with E-state index in [4.69, 9.17) is 10.00 Å². The van der Waals surface area contributed by atoms with Crippen molar-refractivity contribution in [3.63, 3.8) is 0 Å². The Morgan fingerprint density at radius 3 is 2.53 bits per heavy atom. The Labute approximate surface area is 173 Å². The zero-order chi connectivity index (χ0) is 21.1. The quantitative estimate of drug-likeness (QED) is 0.643. The molecule has 0 fully saturated rings. The van der Waals surface area contributed by atoms with Crippen LogP contribution in [0.5, 0.6) is 0 Å². The molecule has 0 bridgehead atoms. The van der Waals surface area contributed by atoms with Crippen molar-refractivity contribution in [1.82, 2.24) is 0 Å². The normalized spacial score (nSPS) is 14.2. The number of nitrogens with zero attached hydrogens (tertiary/aromatic N) is 1. The van der Waals surface area contributed by atoms with Gasteiger partial charge in [0.15, 0.2) is 5.60 Å². The number of carbonyl (C=O) groups is 2. The fourth-order valence-electron chi connectivity index (χ4n) is 3.47. The second kappa shape index (κ2) is 7.82. The number of esters is 1. The summed E-state index contributed by atoms with van der Waals surface area (Å²) in [6, 6.07) is 22.4. The molecule has 0 saturated carbocycles. The Morgan fingerprint density at radius 1 is 1.10 bits per heavy atom. The maximum atomic E-state index is 13.2. The zero-order valence-corrected chi connectivity index (χ0v) is 16.0. The number of amides is 1. The maximum Gasteiger partial charge on any atom is 0.338 e. The fraction of sp³-hybridized carbons (Fsp3) is 0.125. The van der Waals surface area contributed by atoms with E-state index in [2.05, 4.69) is 5.32 Å². The molecule has 6 nitrogen and oxygen atoms in total. The van der Waals surface area contributed by atoms with E-state index < -0.39 is 11.5 Å². The lowest BCUT2D eigenvalue weighted by atomic mass is 9.85. The smallest absolute Gasteiger partial charge is 0.338 e. The van der Waals surface area contributed by atoms with Crippen LogP contribution < -0.4 is 5.32 Å². The van der Waals surface area contributed by atoms with Crippen molar-refractivity contribution in [3.8, 4) is 6.07 Å². The molecular formula is C24H18N2O4. The highest BCUT2D eigenvalue weighted by Crippen LogP contribution is 2.30. The van der Waals surface area contributed by atoms with Crippen LogP contribution in [0.15, 0.2) is 72.8 Å². The summed E-state index contributed by atoms with van der Waals surface area (Å²) < 4.78 is 4.99. The Balaban J connectivity index is 1.67. The molecular weight excluding hydrogens is 380 g/mol. The predicted molar refractivity (Wildman–Crippen MR) is 109 cm³/mol. The average Bonchev–Trinajstić information content (AvgIpc) is 3.14. The van der Waals surface area contributed by atoms with Crippen LogP contribution in [0.2, 0.25) is 0 Å². The molecule has 1 aliphatic heterocycles. The van der Waals surface area contributed by atoms with Crippen LogP contribution in [0, 0.1) is 11.3 Å². The standard InChI is InChI=1S/C24H18N2O4/c25-14-17-6-8-19(9-7-17)24(29,13-16-4-2-1-3-5-16)23(28)26-20-10-11-21-18(12-20)15-30-22(21)27/h1-12,29H,13,15H2,(H,26,28). The second-order valence-corrected chi connectivity index (χ2v) is 7.11. The van der Waals surface area contributed by atoms with Gasteiger partial charge in [0.05, 0.1) is 17.2 Å². The number of fused-ring (bicyclic) bond motifs is 1. The number of hydrogen-bond donors (Lipinski definition) is 2. The van der Waals surface area contributed by atoms with Gasteiger partial charge in [0.2, 0.25) is 0 Å². The first-order valence-corrected chi connectivity index (χ1v) is 9.38. The van der Waals surface area contributed by atoms with Crippen molar-refractivity contribution < 1.29 is 19.4 Å². The predicted octanol–water partition coefficient (Wildman–Crippen LogP) is 3.30. The largest absolute Gasteiger partial charge is 0.457 e. The second-order valence-electron chi connectivity index (χ2n) is 7.11. The van der Waals surface area contributed by atoms with Crippen molar-refractivity contribution in [1.29, 1.82) is 5.26 Å². The fourth-order valence-corrected chi connectivity index (χ4v) is 3.47. The number of carbonyl (C=O) groups excluding carboxylic acids is 2.